The topological polar surface area (TPSA) is 24.9 Å². The molecule has 0 bridgehead atoms. The highest BCUT2D eigenvalue weighted by molar-refractivity contribution is 5.43. The molecule has 3 heteroatoms. The Labute approximate surface area is 113 Å². The molecule has 0 aliphatic carbocycles. The van der Waals surface area contributed by atoms with Crippen LogP contribution in [-0.4, -0.2) is 12.0 Å². The number of hydrogen-bond acceptors (Lipinski definition) is 2. The van der Waals surface area contributed by atoms with Crippen LogP contribution in [0.15, 0.2) is 30.6 Å². The molecule has 100 valence electrons. The SMILES string of the molecule is CNC(c1cncc(F)c1)c1c(C)cc(C)cc1C. The molecule has 1 heterocycles. The summed E-state index contributed by atoms with van der Waals surface area (Å²) < 4.78 is 13.4. The van der Waals surface area contributed by atoms with Crippen molar-refractivity contribution in [2.24, 2.45) is 0 Å². The van der Waals surface area contributed by atoms with Crippen molar-refractivity contribution < 1.29 is 4.39 Å². The summed E-state index contributed by atoms with van der Waals surface area (Å²) in [5.41, 5.74) is 5.70. The van der Waals surface area contributed by atoms with Crippen molar-refractivity contribution in [2.75, 3.05) is 7.05 Å². The minimum absolute atomic E-state index is 0.0381. The molecule has 1 aromatic carbocycles. The highest BCUT2D eigenvalue weighted by Crippen LogP contribution is 2.28. The summed E-state index contributed by atoms with van der Waals surface area (Å²) in [6, 6.07) is 5.80. The van der Waals surface area contributed by atoms with Gasteiger partial charge >= 0.3 is 0 Å². The Morgan fingerprint density at radius 2 is 1.68 bits per heavy atom. The predicted molar refractivity (Wildman–Crippen MR) is 75.8 cm³/mol. The average molecular weight is 258 g/mol. The van der Waals surface area contributed by atoms with Crippen molar-refractivity contribution in [2.45, 2.75) is 26.8 Å². The fourth-order valence-corrected chi connectivity index (χ4v) is 2.71. The second-order valence-corrected chi connectivity index (χ2v) is 4.97. The monoisotopic (exact) mass is 258 g/mol. The van der Waals surface area contributed by atoms with Gasteiger partial charge in [-0.2, -0.15) is 0 Å². The van der Waals surface area contributed by atoms with E-state index in [4.69, 9.17) is 0 Å². The molecule has 1 atom stereocenters. The number of halogens is 1. The van der Waals surface area contributed by atoms with Gasteiger partial charge in [0.05, 0.1) is 12.2 Å². The first-order chi connectivity index (χ1) is 9.02. The Morgan fingerprint density at radius 1 is 1.05 bits per heavy atom. The maximum absolute atomic E-state index is 13.4. The van der Waals surface area contributed by atoms with Crippen LogP contribution >= 0.6 is 0 Å². The van der Waals surface area contributed by atoms with Crippen molar-refractivity contribution in [1.29, 1.82) is 0 Å². The van der Waals surface area contributed by atoms with Crippen LogP contribution in [0.1, 0.15) is 33.9 Å². The summed E-state index contributed by atoms with van der Waals surface area (Å²) in [6.45, 7) is 6.26. The number of aromatic nitrogens is 1. The maximum atomic E-state index is 13.4. The number of pyridine rings is 1. The predicted octanol–water partition coefficient (Wildman–Crippen LogP) is 3.45. The summed E-state index contributed by atoms with van der Waals surface area (Å²) in [5, 5.41) is 3.26. The lowest BCUT2D eigenvalue weighted by atomic mass is 9.90. The van der Waals surface area contributed by atoms with Crippen molar-refractivity contribution in [3.8, 4) is 0 Å². The summed E-state index contributed by atoms with van der Waals surface area (Å²) in [7, 11) is 1.88. The van der Waals surface area contributed by atoms with E-state index in [1.54, 1.807) is 6.20 Å². The lowest BCUT2D eigenvalue weighted by Crippen LogP contribution is -2.20. The Morgan fingerprint density at radius 3 is 2.21 bits per heavy atom. The van der Waals surface area contributed by atoms with Crippen molar-refractivity contribution in [3.63, 3.8) is 0 Å². The molecule has 0 saturated carbocycles. The van der Waals surface area contributed by atoms with Crippen LogP contribution in [0.4, 0.5) is 4.39 Å². The number of aryl methyl sites for hydroxylation is 3. The molecule has 0 spiro atoms. The Hall–Kier alpha value is -1.74. The van der Waals surface area contributed by atoms with Gasteiger partial charge in [-0.25, -0.2) is 4.39 Å². The van der Waals surface area contributed by atoms with Crippen molar-refractivity contribution >= 4 is 0 Å². The molecule has 2 aromatic rings. The molecule has 0 aliphatic rings. The Balaban J connectivity index is 2.54. The van der Waals surface area contributed by atoms with Crippen LogP contribution in [-0.2, 0) is 0 Å². The van der Waals surface area contributed by atoms with Crippen LogP contribution in [0, 0.1) is 26.6 Å². The molecule has 1 aromatic heterocycles. The van der Waals surface area contributed by atoms with E-state index in [-0.39, 0.29) is 11.9 Å². The average Bonchev–Trinajstić information content (AvgIpc) is 2.33. The summed E-state index contributed by atoms with van der Waals surface area (Å²) in [4.78, 5) is 3.94. The molecule has 0 amide bonds. The van der Waals surface area contributed by atoms with Gasteiger partial charge in [-0.15, -0.1) is 0 Å². The molecule has 1 unspecified atom stereocenters. The normalized spacial score (nSPS) is 12.5. The van der Waals surface area contributed by atoms with Crippen molar-refractivity contribution in [1.82, 2.24) is 10.3 Å². The Bertz CT molecular complexity index is 570. The first kappa shape index (κ1) is 13.7. The maximum Gasteiger partial charge on any atom is 0.141 e. The molecule has 2 rings (SSSR count). The molecule has 19 heavy (non-hydrogen) atoms. The molecule has 1 N–H and O–H groups in total. The largest absolute Gasteiger partial charge is 0.309 e. The molecule has 0 fully saturated rings. The number of hydrogen-bond donors (Lipinski definition) is 1. The fourth-order valence-electron chi connectivity index (χ4n) is 2.71. The van der Waals surface area contributed by atoms with Crippen LogP contribution in [0.2, 0.25) is 0 Å². The van der Waals surface area contributed by atoms with Crippen LogP contribution in [0.25, 0.3) is 0 Å². The van der Waals surface area contributed by atoms with E-state index in [0.717, 1.165) is 5.56 Å². The van der Waals surface area contributed by atoms with Gasteiger partial charge in [-0.05, 0) is 56.1 Å². The summed E-state index contributed by atoms with van der Waals surface area (Å²) in [6.07, 6.45) is 2.94. The number of nitrogens with zero attached hydrogens (tertiary/aromatic N) is 1. The van der Waals surface area contributed by atoms with E-state index in [1.807, 2.05) is 7.05 Å². The van der Waals surface area contributed by atoms with Crippen LogP contribution < -0.4 is 5.32 Å². The fraction of sp³-hybridized carbons (Fsp3) is 0.312. The first-order valence-electron chi connectivity index (χ1n) is 6.38. The van der Waals surface area contributed by atoms with Gasteiger partial charge in [-0.1, -0.05) is 17.7 Å². The first-order valence-corrected chi connectivity index (χ1v) is 6.38. The van der Waals surface area contributed by atoms with Gasteiger partial charge < -0.3 is 5.32 Å². The highest BCUT2D eigenvalue weighted by Gasteiger charge is 2.17. The van der Waals surface area contributed by atoms with Gasteiger partial charge in [0.1, 0.15) is 5.82 Å². The van der Waals surface area contributed by atoms with Crippen molar-refractivity contribution in [3.05, 3.63) is 64.2 Å². The zero-order valence-corrected chi connectivity index (χ0v) is 11.8. The molecule has 2 nitrogen and oxygen atoms in total. The number of benzene rings is 1. The minimum atomic E-state index is -0.305. The smallest absolute Gasteiger partial charge is 0.141 e. The molecular weight excluding hydrogens is 239 g/mol. The van der Waals surface area contributed by atoms with E-state index < -0.39 is 0 Å². The second kappa shape index (κ2) is 5.49. The minimum Gasteiger partial charge on any atom is -0.309 e. The second-order valence-electron chi connectivity index (χ2n) is 4.97. The van der Waals surface area contributed by atoms with Gasteiger partial charge in [-0.3, -0.25) is 4.98 Å². The Kier molecular flexibility index (Phi) is 3.96. The quantitative estimate of drug-likeness (QED) is 0.912. The van der Waals surface area contributed by atoms with Gasteiger partial charge in [0, 0.05) is 6.20 Å². The van der Waals surface area contributed by atoms with E-state index in [2.05, 4.69) is 43.2 Å². The molecule has 0 aliphatic heterocycles. The lowest BCUT2D eigenvalue weighted by Gasteiger charge is -2.22. The third kappa shape index (κ3) is 2.82. The third-order valence-electron chi connectivity index (χ3n) is 3.37. The molecule has 0 radical (unpaired) electrons. The number of nitrogens with one attached hydrogen (secondary N) is 1. The summed E-state index contributed by atoms with van der Waals surface area (Å²) in [5.74, 6) is -0.305. The van der Waals surface area contributed by atoms with E-state index in [0.29, 0.717) is 0 Å². The zero-order valence-electron chi connectivity index (χ0n) is 11.8. The van der Waals surface area contributed by atoms with Crippen LogP contribution in [0.5, 0.6) is 0 Å². The van der Waals surface area contributed by atoms with Gasteiger partial charge in [0.2, 0.25) is 0 Å². The summed E-state index contributed by atoms with van der Waals surface area (Å²) >= 11 is 0. The molecule has 0 saturated heterocycles. The van der Waals surface area contributed by atoms with Crippen LogP contribution in [0.3, 0.4) is 0 Å². The lowest BCUT2D eigenvalue weighted by molar-refractivity contribution is 0.607. The van der Waals surface area contributed by atoms with E-state index in [1.165, 1.54) is 34.5 Å². The highest BCUT2D eigenvalue weighted by atomic mass is 19.1. The zero-order chi connectivity index (χ0) is 14.0. The molecular formula is C16H19FN2. The standard InChI is InChI=1S/C16H19FN2/c1-10-5-11(2)15(12(3)6-10)16(18-4)13-7-14(17)9-19-8-13/h5-9,16,18H,1-4H3. The van der Waals surface area contributed by atoms with Gasteiger partial charge in [0.15, 0.2) is 0 Å². The van der Waals surface area contributed by atoms with E-state index in [9.17, 15) is 4.39 Å². The van der Waals surface area contributed by atoms with E-state index >= 15 is 0 Å². The van der Waals surface area contributed by atoms with Gasteiger partial charge in [0.25, 0.3) is 0 Å². The number of rotatable bonds is 3. The third-order valence-corrected chi connectivity index (χ3v) is 3.37.